The molecule has 2 aromatic carbocycles. The minimum atomic E-state index is -0.389. The summed E-state index contributed by atoms with van der Waals surface area (Å²) in [5, 5.41) is 0.778. The number of aromatic nitrogens is 1. The molecule has 0 saturated heterocycles. The van der Waals surface area contributed by atoms with Crippen molar-refractivity contribution in [3.63, 3.8) is 0 Å². The van der Waals surface area contributed by atoms with E-state index in [0.29, 0.717) is 22.6 Å². The molecule has 0 bridgehead atoms. The first-order valence-electron chi connectivity index (χ1n) is 6.25. The topological polar surface area (TPSA) is 42.1 Å². The fourth-order valence-corrected chi connectivity index (χ4v) is 2.88. The number of aldehydes is 1. The van der Waals surface area contributed by atoms with Gasteiger partial charge in [-0.05, 0) is 40.2 Å². The summed E-state index contributed by atoms with van der Waals surface area (Å²) in [6.07, 6.45) is 0.769. The van der Waals surface area contributed by atoms with Crippen molar-refractivity contribution in [2.24, 2.45) is 0 Å². The molecular weight excluding hydrogens is 337 g/mol. The normalized spacial score (nSPS) is 10.8. The lowest BCUT2D eigenvalue weighted by Crippen LogP contribution is -1.92. The summed E-state index contributed by atoms with van der Waals surface area (Å²) in [5.41, 5.74) is 2.34. The van der Waals surface area contributed by atoms with E-state index in [4.69, 9.17) is 4.74 Å². The Morgan fingerprint density at radius 2 is 2.10 bits per heavy atom. The molecule has 21 heavy (non-hydrogen) atoms. The van der Waals surface area contributed by atoms with Crippen LogP contribution in [0.4, 0.5) is 4.39 Å². The second-order valence-electron chi connectivity index (χ2n) is 4.54. The Morgan fingerprint density at radius 3 is 2.81 bits per heavy atom. The highest BCUT2D eigenvalue weighted by atomic mass is 79.9. The van der Waals surface area contributed by atoms with Gasteiger partial charge in [-0.3, -0.25) is 4.79 Å². The first-order valence-corrected chi connectivity index (χ1v) is 7.04. The minimum Gasteiger partial charge on any atom is -0.496 e. The average molecular weight is 348 g/mol. The quantitative estimate of drug-likeness (QED) is 0.705. The van der Waals surface area contributed by atoms with E-state index in [0.717, 1.165) is 21.7 Å². The van der Waals surface area contributed by atoms with Crippen molar-refractivity contribution >= 4 is 33.1 Å². The second kappa shape index (κ2) is 5.33. The Hall–Kier alpha value is -2.14. The molecule has 1 aromatic heterocycles. The molecular formula is C16H11BrFNO2. The summed E-state index contributed by atoms with van der Waals surface area (Å²) >= 11 is 3.44. The van der Waals surface area contributed by atoms with E-state index in [1.165, 1.54) is 19.2 Å². The number of para-hydroxylation sites is 1. The summed E-state index contributed by atoms with van der Waals surface area (Å²) in [7, 11) is 1.51. The minimum absolute atomic E-state index is 0.389. The Balaban J connectivity index is 2.37. The van der Waals surface area contributed by atoms with Crippen molar-refractivity contribution in [3.05, 3.63) is 52.3 Å². The van der Waals surface area contributed by atoms with E-state index < -0.39 is 0 Å². The molecule has 1 N–H and O–H groups in total. The smallest absolute Gasteiger partial charge is 0.152 e. The van der Waals surface area contributed by atoms with Crippen LogP contribution in [0, 0.1) is 5.82 Å². The number of methoxy groups -OCH3 is 1. The van der Waals surface area contributed by atoms with Gasteiger partial charge in [0.25, 0.3) is 0 Å². The molecule has 1 heterocycles. The van der Waals surface area contributed by atoms with Crippen molar-refractivity contribution < 1.29 is 13.9 Å². The van der Waals surface area contributed by atoms with Crippen LogP contribution in [0.15, 0.2) is 40.9 Å². The largest absolute Gasteiger partial charge is 0.496 e. The van der Waals surface area contributed by atoms with Crippen LogP contribution < -0.4 is 4.74 Å². The highest BCUT2D eigenvalue weighted by Crippen LogP contribution is 2.37. The lowest BCUT2D eigenvalue weighted by atomic mass is 10.1. The summed E-state index contributed by atoms with van der Waals surface area (Å²) in [6.45, 7) is 0. The maximum absolute atomic E-state index is 13.6. The summed E-state index contributed by atoms with van der Waals surface area (Å²) in [5.74, 6) is 0.113. The van der Waals surface area contributed by atoms with Crippen molar-refractivity contribution in [2.45, 2.75) is 0 Å². The molecule has 0 aliphatic rings. The summed E-state index contributed by atoms with van der Waals surface area (Å²) in [4.78, 5) is 14.7. The fourth-order valence-electron chi connectivity index (χ4n) is 2.41. The van der Waals surface area contributed by atoms with Gasteiger partial charge >= 0.3 is 0 Å². The highest BCUT2D eigenvalue weighted by molar-refractivity contribution is 9.10. The molecule has 0 atom stereocenters. The first kappa shape index (κ1) is 13.8. The lowest BCUT2D eigenvalue weighted by Gasteiger charge is -2.07. The van der Waals surface area contributed by atoms with Crippen LogP contribution in [-0.4, -0.2) is 18.4 Å². The van der Waals surface area contributed by atoms with Gasteiger partial charge in [0.05, 0.1) is 18.3 Å². The number of carbonyl (C=O) groups is 1. The number of ether oxygens (including phenoxy) is 1. The number of hydrogen-bond donors (Lipinski definition) is 1. The van der Waals surface area contributed by atoms with E-state index in [1.54, 1.807) is 6.07 Å². The maximum atomic E-state index is 13.6. The monoisotopic (exact) mass is 347 g/mol. The van der Waals surface area contributed by atoms with E-state index in [1.807, 2.05) is 18.2 Å². The second-order valence-corrected chi connectivity index (χ2v) is 5.39. The molecule has 106 valence electrons. The molecule has 0 amide bonds. The van der Waals surface area contributed by atoms with Crippen LogP contribution in [0.3, 0.4) is 0 Å². The molecule has 3 nitrogen and oxygen atoms in total. The summed E-state index contributed by atoms with van der Waals surface area (Å²) < 4.78 is 19.7. The molecule has 3 rings (SSSR count). The van der Waals surface area contributed by atoms with Gasteiger partial charge in [-0.1, -0.05) is 12.1 Å². The number of benzene rings is 2. The Morgan fingerprint density at radius 1 is 1.29 bits per heavy atom. The average Bonchev–Trinajstić information content (AvgIpc) is 2.87. The van der Waals surface area contributed by atoms with E-state index >= 15 is 0 Å². The number of nitrogens with one attached hydrogen (secondary N) is 1. The maximum Gasteiger partial charge on any atom is 0.152 e. The zero-order valence-electron chi connectivity index (χ0n) is 11.1. The third kappa shape index (κ3) is 2.23. The lowest BCUT2D eigenvalue weighted by molar-refractivity contribution is 0.112. The third-order valence-electron chi connectivity index (χ3n) is 3.37. The van der Waals surface area contributed by atoms with E-state index in [-0.39, 0.29) is 5.82 Å². The molecule has 3 aromatic rings. The zero-order valence-corrected chi connectivity index (χ0v) is 12.7. The van der Waals surface area contributed by atoms with Gasteiger partial charge in [0.1, 0.15) is 11.6 Å². The van der Waals surface area contributed by atoms with Crippen LogP contribution in [0.1, 0.15) is 10.4 Å². The van der Waals surface area contributed by atoms with Crippen LogP contribution in [0.25, 0.3) is 22.2 Å². The number of aromatic amines is 1. The fraction of sp³-hybridized carbons (Fsp3) is 0.0625. The van der Waals surface area contributed by atoms with Crippen molar-refractivity contribution in [3.8, 4) is 17.0 Å². The predicted octanol–water partition coefficient (Wildman–Crippen LogP) is 4.56. The van der Waals surface area contributed by atoms with Crippen molar-refractivity contribution in [2.75, 3.05) is 7.11 Å². The van der Waals surface area contributed by atoms with Crippen LogP contribution in [-0.2, 0) is 0 Å². The van der Waals surface area contributed by atoms with Gasteiger partial charge in [0.2, 0.25) is 0 Å². The van der Waals surface area contributed by atoms with E-state index in [2.05, 4.69) is 20.9 Å². The molecule has 5 heteroatoms. The van der Waals surface area contributed by atoms with Crippen LogP contribution in [0.2, 0.25) is 0 Å². The molecule has 0 fully saturated rings. The molecule has 0 aliphatic carbocycles. The Kier molecular flexibility index (Phi) is 3.51. The number of hydrogen-bond acceptors (Lipinski definition) is 2. The van der Waals surface area contributed by atoms with Gasteiger partial charge in [-0.25, -0.2) is 4.39 Å². The molecule has 0 spiro atoms. The third-order valence-corrected chi connectivity index (χ3v) is 4.03. The van der Waals surface area contributed by atoms with E-state index in [9.17, 15) is 9.18 Å². The Labute approximate surface area is 128 Å². The van der Waals surface area contributed by atoms with Crippen LogP contribution in [0.5, 0.6) is 5.75 Å². The SMILES string of the molecule is COc1ccc(F)cc1-c1[nH]c2c(Br)cccc2c1C=O. The van der Waals surface area contributed by atoms with Gasteiger partial charge < -0.3 is 9.72 Å². The standard InChI is InChI=1S/C16H11BrFNO2/c1-21-14-6-5-9(18)7-11(14)15-12(8-20)10-3-2-4-13(17)16(10)19-15/h2-8,19H,1H3. The molecule has 0 radical (unpaired) electrons. The van der Waals surface area contributed by atoms with Crippen molar-refractivity contribution in [1.29, 1.82) is 0 Å². The number of rotatable bonds is 3. The molecule has 0 unspecified atom stereocenters. The predicted molar refractivity (Wildman–Crippen MR) is 83.3 cm³/mol. The van der Waals surface area contributed by atoms with Crippen LogP contribution >= 0.6 is 15.9 Å². The highest BCUT2D eigenvalue weighted by Gasteiger charge is 2.17. The number of H-pyrrole nitrogens is 1. The molecule has 0 aliphatic heterocycles. The number of fused-ring (bicyclic) bond motifs is 1. The van der Waals surface area contributed by atoms with Gasteiger partial charge in [-0.2, -0.15) is 0 Å². The summed E-state index contributed by atoms with van der Waals surface area (Å²) in [6, 6.07) is 9.78. The number of carbonyl (C=O) groups excluding carboxylic acids is 1. The van der Waals surface area contributed by atoms with Gasteiger partial charge in [-0.15, -0.1) is 0 Å². The number of halogens is 2. The Bertz CT molecular complexity index is 842. The van der Waals surface area contributed by atoms with Crippen molar-refractivity contribution in [1.82, 2.24) is 4.98 Å². The first-order chi connectivity index (χ1) is 10.2. The molecule has 0 saturated carbocycles. The van der Waals surface area contributed by atoms with Gasteiger partial charge in [0, 0.05) is 21.0 Å². The van der Waals surface area contributed by atoms with Gasteiger partial charge in [0.15, 0.2) is 6.29 Å². The zero-order chi connectivity index (χ0) is 15.0.